The van der Waals surface area contributed by atoms with Gasteiger partial charge >= 0.3 is 0 Å². The molecule has 0 bridgehead atoms. The van der Waals surface area contributed by atoms with E-state index < -0.39 is 0 Å². The Morgan fingerprint density at radius 3 is 2.62 bits per heavy atom. The summed E-state index contributed by atoms with van der Waals surface area (Å²) in [5.41, 5.74) is 2.06. The van der Waals surface area contributed by atoms with Gasteiger partial charge in [-0.2, -0.15) is 0 Å². The Balaban J connectivity index is 1.58. The number of anilines is 1. The van der Waals surface area contributed by atoms with Crippen LogP contribution in [-0.2, 0) is 22.6 Å². The number of carbonyl (C=O) groups excluding carboxylic acids is 2. The summed E-state index contributed by atoms with van der Waals surface area (Å²) in [7, 11) is 1.72. The first-order chi connectivity index (χ1) is 13.9. The maximum absolute atomic E-state index is 12.4. The monoisotopic (exact) mass is 392 g/mol. The number of hydrogen-bond donors (Lipinski definition) is 2. The summed E-state index contributed by atoms with van der Waals surface area (Å²) in [6.07, 6.45) is 1.36. The van der Waals surface area contributed by atoms with Gasteiger partial charge in [0.1, 0.15) is 5.82 Å². The van der Waals surface area contributed by atoms with E-state index in [-0.39, 0.29) is 17.4 Å². The predicted molar refractivity (Wildman–Crippen MR) is 113 cm³/mol. The van der Waals surface area contributed by atoms with Crippen molar-refractivity contribution in [2.45, 2.75) is 32.7 Å². The average Bonchev–Trinajstić information content (AvgIpc) is 2.69. The van der Waals surface area contributed by atoms with Crippen LogP contribution in [0.5, 0.6) is 0 Å². The van der Waals surface area contributed by atoms with Crippen molar-refractivity contribution in [3.05, 3.63) is 70.3 Å². The number of carbonyl (C=O) groups is 2. The lowest BCUT2D eigenvalue weighted by molar-refractivity contribution is -0.128. The summed E-state index contributed by atoms with van der Waals surface area (Å²) in [5, 5.41) is 3.47. The summed E-state index contributed by atoms with van der Waals surface area (Å²) in [5.74, 6) is 0.416. The van der Waals surface area contributed by atoms with Crippen molar-refractivity contribution < 1.29 is 9.59 Å². The molecular weight excluding hydrogens is 368 g/mol. The molecular formula is C22H24N4O3. The van der Waals surface area contributed by atoms with Gasteiger partial charge in [0.05, 0.1) is 10.9 Å². The van der Waals surface area contributed by atoms with Gasteiger partial charge in [-0.3, -0.25) is 14.4 Å². The number of benzene rings is 2. The van der Waals surface area contributed by atoms with Crippen LogP contribution in [0.1, 0.15) is 31.2 Å². The first-order valence-corrected chi connectivity index (χ1v) is 9.51. The number of nitrogens with zero attached hydrogens (tertiary/aromatic N) is 2. The number of aromatic amines is 1. The lowest BCUT2D eigenvalue weighted by Crippen LogP contribution is -2.24. The molecule has 7 nitrogen and oxygen atoms in total. The summed E-state index contributed by atoms with van der Waals surface area (Å²) >= 11 is 0. The number of nitrogens with one attached hydrogen (secondary N) is 2. The molecule has 0 aliphatic heterocycles. The topological polar surface area (TPSA) is 95.2 Å². The van der Waals surface area contributed by atoms with Gasteiger partial charge in [-0.25, -0.2) is 4.98 Å². The van der Waals surface area contributed by atoms with E-state index >= 15 is 0 Å². The van der Waals surface area contributed by atoms with Crippen molar-refractivity contribution in [1.82, 2.24) is 14.9 Å². The van der Waals surface area contributed by atoms with Gasteiger partial charge in [-0.05, 0) is 30.2 Å². The molecule has 2 N–H and O–H groups in total. The highest BCUT2D eigenvalue weighted by atomic mass is 16.2. The van der Waals surface area contributed by atoms with Gasteiger partial charge in [0.15, 0.2) is 0 Å². The van der Waals surface area contributed by atoms with Crippen LogP contribution < -0.4 is 10.9 Å². The molecule has 0 aliphatic rings. The highest BCUT2D eigenvalue weighted by Gasteiger charge is 2.11. The van der Waals surface area contributed by atoms with Gasteiger partial charge in [0.25, 0.3) is 5.56 Å². The lowest BCUT2D eigenvalue weighted by atomic mass is 10.1. The zero-order valence-electron chi connectivity index (χ0n) is 16.6. The molecule has 0 radical (unpaired) electrons. The maximum Gasteiger partial charge on any atom is 0.258 e. The first kappa shape index (κ1) is 20.3. The third-order valence-electron chi connectivity index (χ3n) is 4.72. The second-order valence-electron chi connectivity index (χ2n) is 6.96. The number of H-pyrrole nitrogens is 1. The molecule has 2 amide bonds. The van der Waals surface area contributed by atoms with Crippen molar-refractivity contribution in [3.8, 4) is 0 Å². The molecule has 0 fully saturated rings. The molecule has 29 heavy (non-hydrogen) atoms. The zero-order valence-corrected chi connectivity index (χ0v) is 16.6. The lowest BCUT2D eigenvalue weighted by Gasteiger charge is -2.17. The standard InChI is InChI=1S/C22H24N4O3/c1-15(27)26(2)14-16-8-3-5-10-18(16)24-21(28)13-7-12-20-23-19-11-6-4-9-17(19)22(29)25-20/h3-6,8-11H,7,12-14H2,1-2H3,(H,24,28)(H,23,25,29). The van der Waals surface area contributed by atoms with E-state index in [1.165, 1.54) is 6.92 Å². The molecule has 1 heterocycles. The quantitative estimate of drug-likeness (QED) is 0.646. The number of para-hydroxylation sites is 2. The van der Waals surface area contributed by atoms with E-state index in [1.54, 1.807) is 30.1 Å². The number of aryl methyl sites for hydroxylation is 1. The fourth-order valence-electron chi connectivity index (χ4n) is 3.03. The molecule has 1 aromatic heterocycles. The fraction of sp³-hybridized carbons (Fsp3) is 0.273. The third kappa shape index (κ3) is 5.28. The Hall–Kier alpha value is -3.48. The molecule has 0 saturated heterocycles. The second kappa shape index (κ2) is 9.14. The van der Waals surface area contributed by atoms with Crippen molar-refractivity contribution in [3.63, 3.8) is 0 Å². The van der Waals surface area contributed by atoms with Crippen LogP contribution in [0.25, 0.3) is 10.9 Å². The largest absolute Gasteiger partial charge is 0.342 e. The van der Waals surface area contributed by atoms with Crippen LogP contribution in [0.3, 0.4) is 0 Å². The minimum Gasteiger partial charge on any atom is -0.342 e. The number of amides is 2. The molecule has 0 unspecified atom stereocenters. The molecule has 0 aliphatic carbocycles. The number of aromatic nitrogens is 2. The van der Waals surface area contributed by atoms with Gasteiger partial charge in [0.2, 0.25) is 11.8 Å². The van der Waals surface area contributed by atoms with E-state index in [1.807, 2.05) is 30.3 Å². The van der Waals surface area contributed by atoms with Crippen LogP contribution in [0.15, 0.2) is 53.3 Å². The minimum atomic E-state index is -0.168. The Labute approximate surface area is 168 Å². The SMILES string of the molecule is CC(=O)N(C)Cc1ccccc1NC(=O)CCCc1nc2ccccc2c(=O)[nH]1. The molecule has 0 saturated carbocycles. The van der Waals surface area contributed by atoms with E-state index in [9.17, 15) is 14.4 Å². The predicted octanol–water partition coefficient (Wildman–Crippen LogP) is 2.86. The van der Waals surface area contributed by atoms with Crippen molar-refractivity contribution in [2.75, 3.05) is 12.4 Å². The number of fused-ring (bicyclic) bond motifs is 1. The van der Waals surface area contributed by atoms with Gasteiger partial charge in [-0.15, -0.1) is 0 Å². The molecule has 3 aromatic rings. The molecule has 150 valence electrons. The maximum atomic E-state index is 12.4. The van der Waals surface area contributed by atoms with Crippen molar-refractivity contribution in [1.29, 1.82) is 0 Å². The highest BCUT2D eigenvalue weighted by molar-refractivity contribution is 5.91. The van der Waals surface area contributed by atoms with Gasteiger partial charge < -0.3 is 15.2 Å². The number of rotatable bonds is 7. The van der Waals surface area contributed by atoms with E-state index in [0.29, 0.717) is 48.2 Å². The van der Waals surface area contributed by atoms with Crippen LogP contribution >= 0.6 is 0 Å². The molecule has 0 atom stereocenters. The normalized spacial score (nSPS) is 10.7. The summed E-state index contributed by atoms with van der Waals surface area (Å²) in [6.45, 7) is 1.93. The molecule has 0 spiro atoms. The fourth-order valence-corrected chi connectivity index (χ4v) is 3.03. The first-order valence-electron chi connectivity index (χ1n) is 9.51. The smallest absolute Gasteiger partial charge is 0.258 e. The van der Waals surface area contributed by atoms with Gasteiger partial charge in [0, 0.05) is 39.0 Å². The van der Waals surface area contributed by atoms with E-state index in [2.05, 4.69) is 15.3 Å². The van der Waals surface area contributed by atoms with Crippen LogP contribution in [0.4, 0.5) is 5.69 Å². The second-order valence-corrected chi connectivity index (χ2v) is 6.96. The average molecular weight is 392 g/mol. The van der Waals surface area contributed by atoms with Crippen molar-refractivity contribution in [2.24, 2.45) is 0 Å². The zero-order chi connectivity index (χ0) is 20.8. The van der Waals surface area contributed by atoms with Gasteiger partial charge in [-0.1, -0.05) is 30.3 Å². The van der Waals surface area contributed by atoms with Crippen molar-refractivity contribution >= 4 is 28.4 Å². The summed E-state index contributed by atoms with van der Waals surface area (Å²) < 4.78 is 0. The summed E-state index contributed by atoms with van der Waals surface area (Å²) in [4.78, 5) is 44.8. The Kier molecular flexibility index (Phi) is 6.39. The Morgan fingerprint density at radius 2 is 1.83 bits per heavy atom. The van der Waals surface area contributed by atoms with Crippen LogP contribution in [0.2, 0.25) is 0 Å². The minimum absolute atomic E-state index is 0.0389. The molecule has 2 aromatic carbocycles. The van der Waals surface area contributed by atoms with E-state index in [4.69, 9.17) is 0 Å². The number of hydrogen-bond acceptors (Lipinski definition) is 4. The highest BCUT2D eigenvalue weighted by Crippen LogP contribution is 2.17. The van der Waals surface area contributed by atoms with Crippen LogP contribution in [0, 0.1) is 0 Å². The Morgan fingerprint density at radius 1 is 1.10 bits per heavy atom. The Bertz CT molecular complexity index is 1090. The van der Waals surface area contributed by atoms with E-state index in [0.717, 1.165) is 5.56 Å². The van der Waals surface area contributed by atoms with Crippen LogP contribution in [-0.4, -0.2) is 33.7 Å². The summed E-state index contributed by atoms with van der Waals surface area (Å²) in [6, 6.07) is 14.6. The molecule has 7 heteroatoms. The molecule has 3 rings (SSSR count). The third-order valence-corrected chi connectivity index (χ3v) is 4.72.